The lowest BCUT2D eigenvalue weighted by atomic mass is 9.90. The highest BCUT2D eigenvalue weighted by Crippen LogP contribution is 2.45. The van der Waals surface area contributed by atoms with E-state index in [-0.39, 0.29) is 0 Å². The van der Waals surface area contributed by atoms with Crippen LogP contribution in [-0.2, 0) is 48.7 Å². The highest BCUT2D eigenvalue weighted by atomic mass is 32.2. The molecule has 0 unspecified atom stereocenters. The van der Waals surface area contributed by atoms with Crippen molar-refractivity contribution in [2.24, 2.45) is 0 Å². The Bertz CT molecular complexity index is 579. The standard InChI is InChI=1S/C16H16S4/c1-2-10-12-4-3-11-9(1)13-5-17-6-14(10)20-16(12)8-18-7-15(11)19-13/h1-8H2. The van der Waals surface area contributed by atoms with Crippen molar-refractivity contribution in [3.63, 3.8) is 0 Å². The van der Waals surface area contributed by atoms with E-state index in [9.17, 15) is 0 Å². The summed E-state index contributed by atoms with van der Waals surface area (Å²) in [6.45, 7) is 0. The van der Waals surface area contributed by atoms with Crippen molar-refractivity contribution in [3.05, 3.63) is 41.8 Å². The monoisotopic (exact) mass is 336 g/mol. The minimum Gasteiger partial charge on any atom is -0.151 e. The molecule has 3 aliphatic rings. The lowest BCUT2D eigenvalue weighted by Crippen LogP contribution is -2.06. The first kappa shape index (κ1) is 12.6. The van der Waals surface area contributed by atoms with Crippen LogP contribution in [0.25, 0.3) is 0 Å². The highest BCUT2D eigenvalue weighted by molar-refractivity contribution is 7.98. The average Bonchev–Trinajstić information content (AvgIpc) is 2.88. The maximum absolute atomic E-state index is 2.15. The fourth-order valence-corrected chi connectivity index (χ4v) is 9.39. The molecule has 5 rings (SSSR count). The van der Waals surface area contributed by atoms with Gasteiger partial charge in [0.15, 0.2) is 0 Å². The maximum Gasteiger partial charge on any atom is 0.0285 e. The van der Waals surface area contributed by atoms with Gasteiger partial charge in [0.2, 0.25) is 0 Å². The molecule has 104 valence electrons. The van der Waals surface area contributed by atoms with Crippen molar-refractivity contribution < 1.29 is 0 Å². The molecule has 4 heteroatoms. The third kappa shape index (κ3) is 1.81. The molecule has 2 aromatic rings. The predicted octanol–water partition coefficient (Wildman–Crippen LogP) is 5.19. The molecule has 0 spiro atoms. The van der Waals surface area contributed by atoms with Gasteiger partial charge < -0.3 is 0 Å². The van der Waals surface area contributed by atoms with Crippen LogP contribution in [-0.4, -0.2) is 0 Å². The zero-order chi connectivity index (χ0) is 13.1. The molecule has 0 fully saturated rings. The molecule has 0 nitrogen and oxygen atoms in total. The molecule has 0 radical (unpaired) electrons. The summed E-state index contributed by atoms with van der Waals surface area (Å²) >= 11 is 8.58. The molecular formula is C16H16S4. The summed E-state index contributed by atoms with van der Waals surface area (Å²) in [4.78, 5) is 6.83. The van der Waals surface area contributed by atoms with Gasteiger partial charge in [-0.15, -0.1) is 22.7 Å². The number of hydrogen-bond donors (Lipinski definition) is 0. The normalized spacial score (nSPS) is 20.0. The van der Waals surface area contributed by atoms with Crippen molar-refractivity contribution in [3.8, 4) is 0 Å². The first-order valence-corrected chi connectivity index (χ1v) is 11.2. The summed E-state index contributed by atoms with van der Waals surface area (Å²) in [5.41, 5.74) is 7.02. The molecule has 0 N–H and O–H groups in total. The van der Waals surface area contributed by atoms with Crippen molar-refractivity contribution in [1.82, 2.24) is 0 Å². The summed E-state index contributed by atoms with van der Waals surface area (Å²) in [6, 6.07) is 0. The Balaban J connectivity index is 1.82. The van der Waals surface area contributed by atoms with Crippen molar-refractivity contribution in [1.29, 1.82) is 0 Å². The van der Waals surface area contributed by atoms with Crippen LogP contribution in [0.1, 0.15) is 41.8 Å². The summed E-state index contributed by atoms with van der Waals surface area (Å²) in [7, 11) is 0. The minimum absolute atomic E-state index is 1.25. The molecule has 0 saturated carbocycles. The first-order valence-electron chi connectivity index (χ1n) is 7.30. The van der Waals surface area contributed by atoms with Gasteiger partial charge in [0.1, 0.15) is 0 Å². The summed E-state index contributed by atoms with van der Waals surface area (Å²) in [5.74, 6) is 5.00. The fourth-order valence-electron chi connectivity index (χ4n) is 3.82. The molecule has 20 heavy (non-hydrogen) atoms. The Morgan fingerprint density at radius 3 is 1.05 bits per heavy atom. The second-order valence-electron chi connectivity index (χ2n) is 5.80. The zero-order valence-corrected chi connectivity index (χ0v) is 14.6. The first-order chi connectivity index (χ1) is 9.90. The Morgan fingerprint density at radius 1 is 0.450 bits per heavy atom. The van der Waals surface area contributed by atoms with E-state index in [2.05, 4.69) is 46.2 Å². The highest BCUT2D eigenvalue weighted by Gasteiger charge is 2.27. The van der Waals surface area contributed by atoms with E-state index in [1.807, 2.05) is 0 Å². The number of hydrogen-bond acceptors (Lipinski definition) is 4. The molecule has 2 aromatic heterocycles. The van der Waals surface area contributed by atoms with E-state index in [1.165, 1.54) is 48.7 Å². The summed E-state index contributed by atoms with van der Waals surface area (Å²) in [5, 5.41) is 0. The third-order valence-electron chi connectivity index (χ3n) is 4.75. The third-order valence-corrected chi connectivity index (χ3v) is 10.0. The molecule has 4 bridgehead atoms. The van der Waals surface area contributed by atoms with Crippen molar-refractivity contribution in [2.45, 2.75) is 48.7 Å². The maximum atomic E-state index is 2.15. The van der Waals surface area contributed by atoms with Crippen LogP contribution in [0.15, 0.2) is 0 Å². The Hall–Kier alpha value is 0.1000. The number of thioether (sulfide) groups is 2. The minimum atomic E-state index is 1.25. The van der Waals surface area contributed by atoms with E-state index in [4.69, 9.17) is 0 Å². The Labute approximate surface area is 136 Å². The van der Waals surface area contributed by atoms with Gasteiger partial charge in [0.25, 0.3) is 0 Å². The predicted molar refractivity (Wildman–Crippen MR) is 93.5 cm³/mol. The van der Waals surface area contributed by atoms with Crippen LogP contribution in [0.4, 0.5) is 0 Å². The Kier molecular flexibility index (Phi) is 3.03. The van der Waals surface area contributed by atoms with E-state index in [1.54, 1.807) is 41.8 Å². The fraction of sp³-hybridized carbons (Fsp3) is 0.500. The molecule has 0 atom stereocenters. The topological polar surface area (TPSA) is 0 Å². The molecule has 1 aliphatic carbocycles. The van der Waals surface area contributed by atoms with Crippen LogP contribution >= 0.6 is 46.2 Å². The van der Waals surface area contributed by atoms with Crippen molar-refractivity contribution in [2.75, 3.05) is 0 Å². The lowest BCUT2D eigenvalue weighted by Gasteiger charge is -2.14. The molecule has 2 aliphatic heterocycles. The van der Waals surface area contributed by atoms with Crippen molar-refractivity contribution >= 4 is 46.2 Å². The molecular weight excluding hydrogens is 320 g/mol. The Morgan fingerprint density at radius 2 is 0.750 bits per heavy atom. The zero-order valence-electron chi connectivity index (χ0n) is 11.3. The molecule has 4 heterocycles. The van der Waals surface area contributed by atoms with E-state index < -0.39 is 0 Å². The van der Waals surface area contributed by atoms with E-state index in [0.717, 1.165) is 0 Å². The van der Waals surface area contributed by atoms with Gasteiger partial charge in [-0.05, 0) is 47.9 Å². The summed E-state index contributed by atoms with van der Waals surface area (Å²) < 4.78 is 0. The SMILES string of the molecule is C1SCc2sc3c4c2CCc2c1sc(c2CC4)CSC3. The van der Waals surface area contributed by atoms with Crippen LogP contribution in [0.3, 0.4) is 0 Å². The summed E-state index contributed by atoms with van der Waals surface area (Å²) in [6.07, 6.45) is 5.23. The smallest absolute Gasteiger partial charge is 0.0285 e. The van der Waals surface area contributed by atoms with Crippen LogP contribution in [0.5, 0.6) is 0 Å². The van der Waals surface area contributed by atoms with Gasteiger partial charge in [-0.1, -0.05) is 0 Å². The van der Waals surface area contributed by atoms with Crippen LogP contribution in [0, 0.1) is 0 Å². The number of thiophene rings is 2. The van der Waals surface area contributed by atoms with E-state index >= 15 is 0 Å². The largest absolute Gasteiger partial charge is 0.151 e. The van der Waals surface area contributed by atoms with Gasteiger partial charge in [-0.3, -0.25) is 0 Å². The van der Waals surface area contributed by atoms with E-state index in [0.29, 0.717) is 0 Å². The van der Waals surface area contributed by atoms with Gasteiger partial charge in [0.05, 0.1) is 0 Å². The van der Waals surface area contributed by atoms with Gasteiger partial charge >= 0.3 is 0 Å². The number of rotatable bonds is 0. The lowest BCUT2D eigenvalue weighted by molar-refractivity contribution is 0.837. The second kappa shape index (κ2) is 4.80. The molecule has 0 aromatic carbocycles. The molecule has 0 amide bonds. The van der Waals surface area contributed by atoms with Gasteiger partial charge in [-0.2, -0.15) is 23.5 Å². The van der Waals surface area contributed by atoms with Crippen LogP contribution < -0.4 is 0 Å². The molecule has 0 saturated heterocycles. The quantitative estimate of drug-likeness (QED) is 0.649. The number of fused-ring (bicyclic) bond motifs is 2. The van der Waals surface area contributed by atoms with Gasteiger partial charge in [0, 0.05) is 42.5 Å². The van der Waals surface area contributed by atoms with Crippen LogP contribution in [0.2, 0.25) is 0 Å². The second-order valence-corrected chi connectivity index (χ2v) is 10.1. The average molecular weight is 337 g/mol. The van der Waals surface area contributed by atoms with Gasteiger partial charge in [-0.25, -0.2) is 0 Å².